The molecule has 0 aromatic heterocycles. The van der Waals surface area contributed by atoms with E-state index in [9.17, 15) is 4.79 Å². The zero-order chi connectivity index (χ0) is 4.99. The zero-order valence-corrected chi connectivity index (χ0v) is 4.40. The summed E-state index contributed by atoms with van der Waals surface area (Å²) >= 11 is 0. The molecule has 0 aromatic carbocycles. The Bertz CT molecular complexity index is 53.7. The first-order valence-corrected chi connectivity index (χ1v) is 2.05. The summed E-state index contributed by atoms with van der Waals surface area (Å²) in [6.07, 6.45) is 1.37. The second kappa shape index (κ2) is 5.43. The molecule has 0 unspecified atom stereocenters. The van der Waals surface area contributed by atoms with Crippen molar-refractivity contribution in [2.24, 2.45) is 5.73 Å². The van der Waals surface area contributed by atoms with Gasteiger partial charge in [-0.1, -0.05) is 6.92 Å². The quantitative estimate of drug-likeness (QED) is 0.502. The summed E-state index contributed by atoms with van der Waals surface area (Å²) in [5.74, 6) is -0.211. The molecule has 0 saturated heterocycles. The Balaban J connectivity index is 0. The highest BCUT2D eigenvalue weighted by Crippen LogP contribution is 1.79. The summed E-state index contributed by atoms with van der Waals surface area (Å²) in [6, 6.07) is 0. The second-order valence-corrected chi connectivity index (χ2v) is 1.22. The number of amides is 1. The number of carbonyl (C=O) groups is 1. The molecule has 0 fully saturated rings. The van der Waals surface area contributed by atoms with E-state index in [1.165, 1.54) is 0 Å². The van der Waals surface area contributed by atoms with Gasteiger partial charge in [0.2, 0.25) is 5.91 Å². The molecule has 4 N–H and O–H groups in total. The Labute approximate surface area is 42.8 Å². The molecule has 7 heavy (non-hydrogen) atoms. The molecule has 0 bridgehead atoms. The van der Waals surface area contributed by atoms with E-state index in [-0.39, 0.29) is 11.4 Å². The molecule has 3 nitrogen and oxygen atoms in total. The van der Waals surface area contributed by atoms with Crippen molar-refractivity contribution in [3.63, 3.8) is 0 Å². The molecule has 3 heteroatoms. The van der Waals surface area contributed by atoms with Crippen LogP contribution in [0.3, 0.4) is 0 Å². The number of hydrogen-bond donors (Lipinski definition) is 1. The fraction of sp³-hybridized carbons (Fsp3) is 0.750. The van der Waals surface area contributed by atoms with Crippen LogP contribution in [0.25, 0.3) is 0 Å². The molecule has 0 atom stereocenters. The Morgan fingerprint density at radius 1 is 1.71 bits per heavy atom. The van der Waals surface area contributed by atoms with Gasteiger partial charge >= 0.3 is 0 Å². The maximum atomic E-state index is 9.82. The summed E-state index contributed by atoms with van der Waals surface area (Å²) < 4.78 is 0. The van der Waals surface area contributed by atoms with E-state index in [1.54, 1.807) is 0 Å². The van der Waals surface area contributed by atoms with Crippen LogP contribution in [0.2, 0.25) is 0 Å². The van der Waals surface area contributed by atoms with Gasteiger partial charge in [-0.15, -0.1) is 0 Å². The van der Waals surface area contributed by atoms with Gasteiger partial charge in [0.05, 0.1) is 0 Å². The smallest absolute Gasteiger partial charge is 0.217 e. The Morgan fingerprint density at radius 3 is 2.14 bits per heavy atom. The fourth-order valence-electron chi connectivity index (χ4n) is 0.246. The van der Waals surface area contributed by atoms with Crippen LogP contribution >= 0.6 is 0 Å². The maximum absolute atomic E-state index is 9.82. The lowest BCUT2D eigenvalue weighted by Gasteiger charge is -1.81. The van der Waals surface area contributed by atoms with Crippen LogP contribution in [0.5, 0.6) is 0 Å². The maximum Gasteiger partial charge on any atom is 0.217 e. The fourth-order valence-corrected chi connectivity index (χ4v) is 0.246. The van der Waals surface area contributed by atoms with Crippen molar-refractivity contribution in [2.75, 3.05) is 0 Å². The molecule has 0 aliphatic carbocycles. The monoisotopic (exact) mass is 105 g/mol. The molecule has 0 spiro atoms. The molecule has 44 valence electrons. The first-order valence-electron chi connectivity index (χ1n) is 2.05. The number of nitrogens with two attached hydrogens (primary N) is 1. The lowest BCUT2D eigenvalue weighted by Crippen LogP contribution is -2.08. The van der Waals surface area contributed by atoms with E-state index < -0.39 is 0 Å². The van der Waals surface area contributed by atoms with Gasteiger partial charge in [0.1, 0.15) is 0 Å². The number of hydrogen-bond acceptors (Lipinski definition) is 1. The predicted molar refractivity (Wildman–Crippen MR) is 27.7 cm³/mol. The van der Waals surface area contributed by atoms with Gasteiger partial charge in [0, 0.05) is 6.42 Å². The van der Waals surface area contributed by atoms with Crippen molar-refractivity contribution in [1.29, 1.82) is 0 Å². The summed E-state index contributed by atoms with van der Waals surface area (Å²) in [6.45, 7) is 1.92. The Kier molecular flexibility index (Phi) is 7.49. The van der Waals surface area contributed by atoms with Crippen molar-refractivity contribution in [3.8, 4) is 0 Å². The summed E-state index contributed by atoms with van der Waals surface area (Å²) in [7, 11) is 0. The molecule has 0 radical (unpaired) electrons. The van der Waals surface area contributed by atoms with Crippen LogP contribution < -0.4 is 5.73 Å². The lowest BCUT2D eigenvalue weighted by molar-refractivity contribution is -0.118. The van der Waals surface area contributed by atoms with E-state index >= 15 is 0 Å². The average Bonchev–Trinajstić information content (AvgIpc) is 1.35. The molecular weight excluding hydrogens is 94.0 g/mol. The molecule has 0 saturated carbocycles. The van der Waals surface area contributed by atoms with Gasteiger partial charge in [0.15, 0.2) is 0 Å². The highest BCUT2D eigenvalue weighted by molar-refractivity contribution is 5.73. The minimum Gasteiger partial charge on any atom is -0.412 e. The SMILES string of the molecule is CCCC(N)=O.O. The summed E-state index contributed by atoms with van der Waals surface area (Å²) in [5.41, 5.74) is 4.76. The first kappa shape index (κ1) is 9.66. The van der Waals surface area contributed by atoms with Gasteiger partial charge in [-0.05, 0) is 6.42 Å². The van der Waals surface area contributed by atoms with Crippen LogP contribution in [0.15, 0.2) is 0 Å². The largest absolute Gasteiger partial charge is 0.412 e. The third-order valence-corrected chi connectivity index (χ3v) is 0.496. The first-order chi connectivity index (χ1) is 2.77. The minimum absolute atomic E-state index is 0. The molecule has 0 aliphatic heterocycles. The van der Waals surface area contributed by atoms with Crippen LogP contribution in [-0.2, 0) is 4.79 Å². The predicted octanol–water partition coefficient (Wildman–Crippen LogP) is -0.553. The third-order valence-electron chi connectivity index (χ3n) is 0.496. The van der Waals surface area contributed by atoms with Gasteiger partial charge < -0.3 is 11.2 Å². The molecule has 0 rings (SSSR count). The number of primary amides is 1. The third kappa shape index (κ3) is 10.8. The molecule has 0 heterocycles. The van der Waals surface area contributed by atoms with Gasteiger partial charge in [-0.3, -0.25) is 4.79 Å². The summed E-state index contributed by atoms with van der Waals surface area (Å²) in [5, 5.41) is 0. The highest BCUT2D eigenvalue weighted by Gasteiger charge is 1.84. The van der Waals surface area contributed by atoms with Gasteiger partial charge in [0.25, 0.3) is 0 Å². The van der Waals surface area contributed by atoms with Crippen LogP contribution in [-0.4, -0.2) is 11.4 Å². The van der Waals surface area contributed by atoms with Gasteiger partial charge in [-0.2, -0.15) is 0 Å². The van der Waals surface area contributed by atoms with E-state index in [0.29, 0.717) is 6.42 Å². The Morgan fingerprint density at radius 2 is 2.14 bits per heavy atom. The minimum atomic E-state index is -0.211. The highest BCUT2D eigenvalue weighted by atomic mass is 16.1. The van der Waals surface area contributed by atoms with E-state index in [0.717, 1.165) is 6.42 Å². The van der Waals surface area contributed by atoms with Crippen molar-refractivity contribution in [2.45, 2.75) is 19.8 Å². The van der Waals surface area contributed by atoms with E-state index in [1.807, 2.05) is 6.92 Å². The van der Waals surface area contributed by atoms with E-state index in [4.69, 9.17) is 5.73 Å². The normalized spacial score (nSPS) is 7.00. The average molecular weight is 105 g/mol. The van der Waals surface area contributed by atoms with Crippen molar-refractivity contribution >= 4 is 5.91 Å². The zero-order valence-electron chi connectivity index (χ0n) is 4.40. The van der Waals surface area contributed by atoms with Gasteiger partial charge in [-0.25, -0.2) is 0 Å². The molecule has 0 aliphatic rings. The van der Waals surface area contributed by atoms with Crippen LogP contribution in [0.1, 0.15) is 19.8 Å². The standard InChI is InChI=1S/C4H9NO.H2O/c1-2-3-4(5)6;/h2-3H2,1H3,(H2,5,6);1H2. The van der Waals surface area contributed by atoms with Crippen molar-refractivity contribution < 1.29 is 10.3 Å². The van der Waals surface area contributed by atoms with Crippen LogP contribution in [0, 0.1) is 0 Å². The topological polar surface area (TPSA) is 74.6 Å². The second-order valence-electron chi connectivity index (χ2n) is 1.22. The molecule has 1 amide bonds. The van der Waals surface area contributed by atoms with E-state index in [2.05, 4.69) is 0 Å². The molecular formula is C4H11NO2. The summed E-state index contributed by atoms with van der Waals surface area (Å²) in [4.78, 5) is 9.82. The molecule has 0 aromatic rings. The van der Waals surface area contributed by atoms with Crippen molar-refractivity contribution in [3.05, 3.63) is 0 Å². The Hall–Kier alpha value is -0.570. The van der Waals surface area contributed by atoms with Crippen molar-refractivity contribution in [1.82, 2.24) is 0 Å². The number of rotatable bonds is 2. The number of carbonyl (C=O) groups excluding carboxylic acids is 1. The lowest BCUT2D eigenvalue weighted by atomic mass is 10.3. The van der Waals surface area contributed by atoms with Crippen LogP contribution in [0.4, 0.5) is 0 Å².